The minimum absolute atomic E-state index is 0.148. The number of nitrogens with zero attached hydrogens (tertiary/aromatic N) is 1. The van der Waals surface area contributed by atoms with E-state index in [1.54, 1.807) is 11.3 Å². The molecule has 1 N–H and O–H groups in total. The van der Waals surface area contributed by atoms with Gasteiger partial charge in [-0.3, -0.25) is 4.79 Å². The van der Waals surface area contributed by atoms with Gasteiger partial charge in [0.05, 0.1) is 23.2 Å². The molecule has 0 spiro atoms. The van der Waals surface area contributed by atoms with Crippen molar-refractivity contribution in [3.05, 3.63) is 17.5 Å². The maximum absolute atomic E-state index is 12.1. The standard InChI is InChI=1S/C12H15NO4S2/c1-17-12(16)9-5-8(14)6-13(9)10(15)7-19-11-3-2-4-18-11/h2-4,8-9,14H,5-7H2,1H3. The van der Waals surface area contributed by atoms with Crippen LogP contribution < -0.4 is 0 Å². The molecule has 0 aliphatic carbocycles. The van der Waals surface area contributed by atoms with Crippen molar-refractivity contribution < 1.29 is 19.4 Å². The van der Waals surface area contributed by atoms with Crippen LogP contribution >= 0.6 is 23.1 Å². The number of amides is 1. The highest BCUT2D eigenvalue weighted by Crippen LogP contribution is 2.26. The molecule has 0 bridgehead atoms. The summed E-state index contributed by atoms with van der Waals surface area (Å²) in [5.74, 6) is -0.350. The number of carbonyl (C=O) groups excluding carboxylic acids is 2. The Morgan fingerprint density at radius 2 is 2.42 bits per heavy atom. The second-order valence-electron chi connectivity index (χ2n) is 4.20. The highest BCUT2D eigenvalue weighted by Gasteiger charge is 2.39. The van der Waals surface area contributed by atoms with E-state index in [9.17, 15) is 14.7 Å². The van der Waals surface area contributed by atoms with Gasteiger partial charge in [-0.1, -0.05) is 6.07 Å². The van der Waals surface area contributed by atoms with Gasteiger partial charge in [-0.15, -0.1) is 23.1 Å². The number of hydrogen-bond acceptors (Lipinski definition) is 6. The molecule has 2 atom stereocenters. The van der Waals surface area contributed by atoms with Crippen LogP contribution in [0.3, 0.4) is 0 Å². The Bertz CT molecular complexity index is 449. The van der Waals surface area contributed by atoms with E-state index in [-0.39, 0.29) is 24.6 Å². The summed E-state index contributed by atoms with van der Waals surface area (Å²) < 4.78 is 5.72. The lowest BCUT2D eigenvalue weighted by molar-refractivity contribution is -0.150. The number of likely N-dealkylation sites (tertiary alicyclic amines) is 1. The number of β-amino-alcohol motifs (C(OH)–C–C–N with tert-alkyl or cyclic N) is 1. The number of carbonyl (C=O) groups is 2. The van der Waals surface area contributed by atoms with E-state index in [0.717, 1.165) is 4.21 Å². The first-order valence-electron chi connectivity index (χ1n) is 5.83. The fourth-order valence-corrected chi connectivity index (χ4v) is 3.68. The molecule has 1 aliphatic rings. The molecule has 1 saturated heterocycles. The number of hydrogen-bond donors (Lipinski definition) is 1. The summed E-state index contributed by atoms with van der Waals surface area (Å²) in [5.41, 5.74) is 0. The average Bonchev–Trinajstić information content (AvgIpc) is 3.04. The molecule has 7 heteroatoms. The summed E-state index contributed by atoms with van der Waals surface area (Å²) in [6.07, 6.45) is -0.401. The first kappa shape index (κ1) is 14.4. The minimum Gasteiger partial charge on any atom is -0.467 e. The fourth-order valence-electron chi connectivity index (χ4n) is 2.01. The van der Waals surface area contributed by atoms with Gasteiger partial charge in [0.2, 0.25) is 5.91 Å². The molecule has 1 aromatic heterocycles. The van der Waals surface area contributed by atoms with Crippen molar-refractivity contribution in [2.75, 3.05) is 19.4 Å². The second kappa shape index (κ2) is 6.40. The van der Waals surface area contributed by atoms with Gasteiger partial charge in [-0.05, 0) is 11.4 Å². The van der Waals surface area contributed by atoms with Gasteiger partial charge in [-0.25, -0.2) is 4.79 Å². The molecule has 0 aromatic carbocycles. The van der Waals surface area contributed by atoms with Crippen molar-refractivity contribution in [1.82, 2.24) is 4.90 Å². The number of rotatable bonds is 4. The first-order chi connectivity index (χ1) is 9.11. The van der Waals surface area contributed by atoms with Crippen LogP contribution in [-0.2, 0) is 14.3 Å². The van der Waals surface area contributed by atoms with E-state index in [1.165, 1.54) is 23.8 Å². The number of thiophene rings is 1. The normalized spacial score (nSPS) is 22.5. The van der Waals surface area contributed by atoms with E-state index in [2.05, 4.69) is 4.74 Å². The van der Waals surface area contributed by atoms with E-state index in [0.29, 0.717) is 0 Å². The van der Waals surface area contributed by atoms with E-state index in [1.807, 2.05) is 17.5 Å². The van der Waals surface area contributed by atoms with Crippen molar-refractivity contribution in [1.29, 1.82) is 0 Å². The van der Waals surface area contributed by atoms with Crippen molar-refractivity contribution in [3.63, 3.8) is 0 Å². The zero-order valence-electron chi connectivity index (χ0n) is 10.4. The largest absolute Gasteiger partial charge is 0.467 e. The van der Waals surface area contributed by atoms with Gasteiger partial charge < -0.3 is 14.7 Å². The van der Waals surface area contributed by atoms with E-state index in [4.69, 9.17) is 0 Å². The predicted octanol–water partition coefficient (Wildman–Crippen LogP) is 0.975. The van der Waals surface area contributed by atoms with Crippen LogP contribution in [0.5, 0.6) is 0 Å². The van der Waals surface area contributed by atoms with Crippen LogP contribution in [0.1, 0.15) is 6.42 Å². The second-order valence-corrected chi connectivity index (χ2v) is 6.42. The summed E-state index contributed by atoms with van der Waals surface area (Å²) in [6.45, 7) is 0.198. The van der Waals surface area contributed by atoms with Crippen LogP contribution in [0.2, 0.25) is 0 Å². The molecule has 1 aliphatic heterocycles. The molecule has 2 heterocycles. The zero-order chi connectivity index (χ0) is 13.8. The van der Waals surface area contributed by atoms with Gasteiger partial charge in [-0.2, -0.15) is 0 Å². The Morgan fingerprint density at radius 3 is 3.05 bits per heavy atom. The summed E-state index contributed by atoms with van der Waals surface area (Å²) >= 11 is 3.01. The number of thioether (sulfide) groups is 1. The molecule has 104 valence electrons. The van der Waals surface area contributed by atoms with Gasteiger partial charge in [0.15, 0.2) is 0 Å². The number of aliphatic hydroxyl groups excluding tert-OH is 1. The third kappa shape index (κ3) is 3.49. The lowest BCUT2D eigenvalue weighted by Gasteiger charge is -2.21. The lowest BCUT2D eigenvalue weighted by Crippen LogP contribution is -2.42. The predicted molar refractivity (Wildman–Crippen MR) is 73.2 cm³/mol. The van der Waals surface area contributed by atoms with Crippen LogP contribution in [0.15, 0.2) is 21.7 Å². The average molecular weight is 301 g/mol. The van der Waals surface area contributed by atoms with Crippen molar-refractivity contribution >= 4 is 35.0 Å². The van der Waals surface area contributed by atoms with E-state index < -0.39 is 18.1 Å². The Kier molecular flexibility index (Phi) is 4.84. The van der Waals surface area contributed by atoms with Crippen molar-refractivity contribution in [2.24, 2.45) is 0 Å². The van der Waals surface area contributed by atoms with Crippen molar-refractivity contribution in [3.8, 4) is 0 Å². The third-order valence-corrected chi connectivity index (χ3v) is 5.02. The number of esters is 1. The zero-order valence-corrected chi connectivity index (χ0v) is 12.1. The number of ether oxygens (including phenoxy) is 1. The summed E-state index contributed by atoms with van der Waals surface area (Å²) in [5, 5.41) is 11.6. The summed E-state index contributed by atoms with van der Waals surface area (Å²) in [6, 6.07) is 3.21. The molecule has 1 aromatic rings. The Hall–Kier alpha value is -1.05. The highest BCUT2D eigenvalue weighted by molar-refractivity contribution is 8.01. The third-order valence-electron chi connectivity index (χ3n) is 2.91. The molecule has 1 fully saturated rings. The summed E-state index contributed by atoms with van der Waals surface area (Å²) in [7, 11) is 1.29. The summed E-state index contributed by atoms with van der Waals surface area (Å²) in [4.78, 5) is 25.1. The maximum atomic E-state index is 12.1. The SMILES string of the molecule is COC(=O)C1CC(O)CN1C(=O)CSc1cccs1. The molecule has 0 saturated carbocycles. The van der Waals surface area contributed by atoms with E-state index >= 15 is 0 Å². The van der Waals surface area contributed by atoms with Crippen LogP contribution in [0.4, 0.5) is 0 Å². The van der Waals surface area contributed by atoms with Crippen LogP contribution in [-0.4, -0.2) is 53.4 Å². The first-order valence-corrected chi connectivity index (χ1v) is 7.70. The van der Waals surface area contributed by atoms with Gasteiger partial charge >= 0.3 is 5.97 Å². The monoisotopic (exact) mass is 301 g/mol. The topological polar surface area (TPSA) is 66.8 Å². The lowest BCUT2D eigenvalue weighted by atomic mass is 10.2. The maximum Gasteiger partial charge on any atom is 0.328 e. The molecule has 0 radical (unpaired) electrons. The van der Waals surface area contributed by atoms with Crippen LogP contribution in [0, 0.1) is 0 Å². The molecule has 2 rings (SSSR count). The quantitative estimate of drug-likeness (QED) is 0.663. The van der Waals surface area contributed by atoms with Gasteiger partial charge in [0.1, 0.15) is 6.04 Å². The highest BCUT2D eigenvalue weighted by atomic mass is 32.2. The molecular formula is C12H15NO4S2. The molecule has 19 heavy (non-hydrogen) atoms. The minimum atomic E-state index is -0.656. The number of methoxy groups -OCH3 is 1. The molecule has 2 unspecified atom stereocenters. The van der Waals surface area contributed by atoms with Crippen LogP contribution in [0.25, 0.3) is 0 Å². The number of aliphatic hydroxyl groups is 1. The van der Waals surface area contributed by atoms with Gasteiger partial charge in [0, 0.05) is 13.0 Å². The molecule has 1 amide bonds. The fraction of sp³-hybridized carbons (Fsp3) is 0.500. The molecular weight excluding hydrogens is 286 g/mol. The smallest absolute Gasteiger partial charge is 0.328 e. The Balaban J connectivity index is 1.94. The molecule has 5 nitrogen and oxygen atoms in total. The van der Waals surface area contributed by atoms with Crippen molar-refractivity contribution in [2.45, 2.75) is 22.8 Å². The Labute approximate surface area is 119 Å². The Morgan fingerprint density at radius 1 is 1.63 bits per heavy atom. The van der Waals surface area contributed by atoms with Gasteiger partial charge in [0.25, 0.3) is 0 Å².